The Balaban J connectivity index is 1.59. The minimum Gasteiger partial charge on any atom is -0.481 e. The maximum Gasteiger partial charge on any atom is 0.329 e. The fourth-order valence-corrected chi connectivity index (χ4v) is 4.19. The molecule has 0 bridgehead atoms. The van der Waals surface area contributed by atoms with Crippen LogP contribution < -0.4 is 4.90 Å². The first-order valence-electron chi connectivity index (χ1n) is 9.84. The molecule has 160 valence electrons. The van der Waals surface area contributed by atoms with Gasteiger partial charge in [-0.2, -0.15) is 0 Å². The monoisotopic (exact) mass is 429 g/mol. The number of carbonyl (C=O) groups is 2. The van der Waals surface area contributed by atoms with Gasteiger partial charge in [0, 0.05) is 12.1 Å². The molecule has 0 aliphatic carbocycles. The third-order valence-corrected chi connectivity index (χ3v) is 5.67. The molecule has 0 fully saturated rings. The topological polar surface area (TPSA) is 76.1 Å². The largest absolute Gasteiger partial charge is 0.481 e. The summed E-state index contributed by atoms with van der Waals surface area (Å²) in [5.41, 5.74) is 2.30. The Morgan fingerprint density at radius 3 is 2.57 bits per heavy atom. The highest BCUT2D eigenvalue weighted by Crippen LogP contribution is 2.34. The van der Waals surface area contributed by atoms with Crippen LogP contribution in [0.3, 0.4) is 0 Å². The van der Waals surface area contributed by atoms with Crippen LogP contribution in [0.1, 0.15) is 25.0 Å². The number of para-hydroxylation sites is 1. The Labute approximate surface area is 181 Å². The van der Waals surface area contributed by atoms with Gasteiger partial charge in [0.2, 0.25) is 0 Å². The lowest BCUT2D eigenvalue weighted by Crippen LogP contribution is -2.44. The van der Waals surface area contributed by atoms with Crippen LogP contribution in [0.5, 0.6) is 0 Å². The van der Waals surface area contributed by atoms with Crippen LogP contribution in [0.2, 0.25) is 0 Å². The number of esters is 1. The molecule has 0 saturated carbocycles. The quantitative estimate of drug-likeness (QED) is 0.577. The molecule has 7 heteroatoms. The van der Waals surface area contributed by atoms with Crippen LogP contribution in [0.15, 0.2) is 54.6 Å². The standard InChI is InChI=1S/C23H27NO5S/c1-23(2,15-28-13-17-8-4-3-5-9-17)29-22(27)20-12-18-10-6-7-11-19(18)24(20)16-30-14-21(25)26/h3-11,20H,12-16H2,1-2H3,(H,25,26). The van der Waals surface area contributed by atoms with Gasteiger partial charge in [-0.15, -0.1) is 11.8 Å². The number of anilines is 1. The number of carbonyl (C=O) groups excluding carboxylic acids is 1. The molecule has 2 aromatic carbocycles. The van der Waals surface area contributed by atoms with Gasteiger partial charge in [-0.25, -0.2) is 4.79 Å². The highest BCUT2D eigenvalue weighted by atomic mass is 32.2. The molecule has 1 N–H and O–H groups in total. The first kappa shape index (κ1) is 22.2. The summed E-state index contributed by atoms with van der Waals surface area (Å²) in [6.07, 6.45) is 0.545. The van der Waals surface area contributed by atoms with Crippen molar-refractivity contribution in [2.24, 2.45) is 0 Å². The molecule has 2 aromatic rings. The van der Waals surface area contributed by atoms with E-state index < -0.39 is 17.6 Å². The van der Waals surface area contributed by atoms with E-state index in [4.69, 9.17) is 14.6 Å². The number of ether oxygens (including phenoxy) is 2. The Kier molecular flexibility index (Phi) is 7.39. The van der Waals surface area contributed by atoms with E-state index in [0.29, 0.717) is 18.9 Å². The molecule has 3 rings (SSSR count). The number of hydrogen-bond donors (Lipinski definition) is 1. The number of benzene rings is 2. The van der Waals surface area contributed by atoms with E-state index in [-0.39, 0.29) is 18.3 Å². The molecule has 30 heavy (non-hydrogen) atoms. The maximum absolute atomic E-state index is 13.0. The summed E-state index contributed by atoms with van der Waals surface area (Å²) in [6.45, 7) is 4.40. The second-order valence-corrected chi connectivity index (χ2v) is 8.80. The van der Waals surface area contributed by atoms with E-state index >= 15 is 0 Å². The van der Waals surface area contributed by atoms with E-state index in [1.165, 1.54) is 11.8 Å². The molecule has 1 heterocycles. The van der Waals surface area contributed by atoms with Crippen molar-refractivity contribution in [3.05, 3.63) is 65.7 Å². The Morgan fingerprint density at radius 1 is 1.13 bits per heavy atom. The summed E-state index contributed by atoms with van der Waals surface area (Å²) in [5.74, 6) is -0.800. The van der Waals surface area contributed by atoms with Crippen molar-refractivity contribution in [3.63, 3.8) is 0 Å². The molecular weight excluding hydrogens is 402 g/mol. The predicted octanol–water partition coefficient (Wildman–Crippen LogP) is 3.73. The van der Waals surface area contributed by atoms with Gasteiger partial charge in [0.05, 0.1) is 24.8 Å². The van der Waals surface area contributed by atoms with Crippen LogP contribution in [-0.4, -0.2) is 46.9 Å². The molecule has 1 atom stereocenters. The lowest BCUT2D eigenvalue weighted by molar-refractivity contribution is -0.164. The fourth-order valence-electron chi connectivity index (χ4n) is 3.41. The zero-order valence-corrected chi connectivity index (χ0v) is 18.1. The van der Waals surface area contributed by atoms with Crippen LogP contribution in [0, 0.1) is 0 Å². The van der Waals surface area contributed by atoms with Gasteiger partial charge in [-0.1, -0.05) is 48.5 Å². The van der Waals surface area contributed by atoms with Crippen molar-refractivity contribution in [1.82, 2.24) is 0 Å². The van der Waals surface area contributed by atoms with Crippen molar-refractivity contribution in [1.29, 1.82) is 0 Å². The average Bonchev–Trinajstić information content (AvgIpc) is 3.07. The van der Waals surface area contributed by atoms with Gasteiger partial charge >= 0.3 is 11.9 Å². The average molecular weight is 430 g/mol. The minimum atomic E-state index is -0.872. The number of thioether (sulfide) groups is 1. The molecule has 0 spiro atoms. The van der Waals surface area contributed by atoms with Crippen LogP contribution in [-0.2, 0) is 32.1 Å². The molecular formula is C23H27NO5S. The highest BCUT2D eigenvalue weighted by molar-refractivity contribution is 8.00. The predicted molar refractivity (Wildman–Crippen MR) is 118 cm³/mol. The summed E-state index contributed by atoms with van der Waals surface area (Å²) in [6, 6.07) is 17.2. The van der Waals surface area contributed by atoms with Crippen molar-refractivity contribution in [3.8, 4) is 0 Å². The van der Waals surface area contributed by atoms with Crippen LogP contribution in [0.4, 0.5) is 5.69 Å². The Hall–Kier alpha value is -2.51. The molecule has 6 nitrogen and oxygen atoms in total. The number of aliphatic carboxylic acids is 1. The van der Waals surface area contributed by atoms with Crippen molar-refractivity contribution in [2.75, 3.05) is 23.1 Å². The first-order chi connectivity index (χ1) is 14.4. The summed E-state index contributed by atoms with van der Waals surface area (Å²) in [5, 5.41) is 8.93. The lowest BCUT2D eigenvalue weighted by Gasteiger charge is -2.30. The maximum atomic E-state index is 13.0. The highest BCUT2D eigenvalue weighted by Gasteiger charge is 2.38. The summed E-state index contributed by atoms with van der Waals surface area (Å²) in [7, 11) is 0. The summed E-state index contributed by atoms with van der Waals surface area (Å²) < 4.78 is 11.6. The second kappa shape index (κ2) is 10.00. The van der Waals surface area contributed by atoms with Crippen LogP contribution >= 0.6 is 11.8 Å². The molecule has 0 aromatic heterocycles. The first-order valence-corrected chi connectivity index (χ1v) is 11.0. The molecule has 1 aliphatic heterocycles. The number of fused-ring (bicyclic) bond motifs is 1. The molecule has 0 amide bonds. The SMILES string of the molecule is CC(C)(COCc1ccccc1)OC(=O)C1Cc2ccccc2N1CSCC(=O)O. The number of hydrogen-bond acceptors (Lipinski definition) is 6. The molecule has 0 radical (unpaired) electrons. The van der Waals surface area contributed by atoms with Gasteiger partial charge in [0.15, 0.2) is 0 Å². The van der Waals surface area contributed by atoms with Crippen molar-refractivity contribution >= 4 is 29.4 Å². The number of carboxylic acid groups (broad SMARTS) is 1. The van der Waals surface area contributed by atoms with Crippen molar-refractivity contribution in [2.45, 2.75) is 38.5 Å². The Morgan fingerprint density at radius 2 is 1.83 bits per heavy atom. The van der Waals surface area contributed by atoms with Gasteiger partial charge in [-0.05, 0) is 31.0 Å². The smallest absolute Gasteiger partial charge is 0.329 e. The summed E-state index contributed by atoms with van der Waals surface area (Å²) in [4.78, 5) is 25.8. The third kappa shape index (κ3) is 6.00. The van der Waals surface area contributed by atoms with Gasteiger partial charge < -0.3 is 19.5 Å². The Bertz CT molecular complexity index is 871. The number of rotatable bonds is 10. The van der Waals surface area contributed by atoms with E-state index in [1.54, 1.807) is 0 Å². The number of carboxylic acids is 1. The second-order valence-electron chi connectivity index (χ2n) is 7.85. The van der Waals surface area contributed by atoms with E-state index in [9.17, 15) is 9.59 Å². The van der Waals surface area contributed by atoms with Crippen LogP contribution in [0.25, 0.3) is 0 Å². The zero-order valence-electron chi connectivity index (χ0n) is 17.2. The normalized spacial score (nSPS) is 15.7. The third-order valence-electron chi connectivity index (χ3n) is 4.76. The molecule has 1 unspecified atom stereocenters. The molecule has 1 aliphatic rings. The molecule has 0 saturated heterocycles. The van der Waals surface area contributed by atoms with E-state index in [0.717, 1.165) is 16.8 Å². The van der Waals surface area contributed by atoms with Gasteiger partial charge in [0.25, 0.3) is 0 Å². The van der Waals surface area contributed by atoms with Gasteiger partial charge in [0.1, 0.15) is 11.6 Å². The minimum absolute atomic E-state index is 0.0146. The zero-order chi connectivity index (χ0) is 21.6. The van der Waals surface area contributed by atoms with Crippen molar-refractivity contribution < 1.29 is 24.2 Å². The number of nitrogens with zero attached hydrogens (tertiary/aromatic N) is 1. The van der Waals surface area contributed by atoms with Gasteiger partial charge in [-0.3, -0.25) is 4.79 Å². The summed E-state index contributed by atoms with van der Waals surface area (Å²) >= 11 is 1.27. The fraction of sp³-hybridized carbons (Fsp3) is 0.391. The van der Waals surface area contributed by atoms with E-state index in [2.05, 4.69) is 0 Å². The lowest BCUT2D eigenvalue weighted by atomic mass is 10.1. The van der Waals surface area contributed by atoms with E-state index in [1.807, 2.05) is 73.3 Å².